The van der Waals surface area contributed by atoms with Gasteiger partial charge in [-0.25, -0.2) is 0 Å². The van der Waals surface area contributed by atoms with Gasteiger partial charge >= 0.3 is 5.97 Å². The number of fused-ring (bicyclic) bond motifs is 3. The van der Waals surface area contributed by atoms with Crippen molar-refractivity contribution >= 4 is 28.5 Å². The third-order valence-corrected chi connectivity index (χ3v) is 7.17. The van der Waals surface area contributed by atoms with Crippen molar-refractivity contribution in [3.05, 3.63) is 101 Å². The molecule has 0 bridgehead atoms. The number of rotatable bonds is 8. The van der Waals surface area contributed by atoms with E-state index in [-0.39, 0.29) is 12.6 Å². The molecule has 4 aromatic rings. The van der Waals surface area contributed by atoms with E-state index in [1.807, 2.05) is 50.5 Å². The van der Waals surface area contributed by atoms with Gasteiger partial charge in [-0.3, -0.25) is 4.79 Å². The fourth-order valence-corrected chi connectivity index (χ4v) is 5.01. The van der Waals surface area contributed by atoms with Crippen LogP contribution in [0.3, 0.4) is 0 Å². The number of esters is 1. The molecule has 0 amide bonds. The van der Waals surface area contributed by atoms with Crippen molar-refractivity contribution in [1.29, 1.82) is 0 Å². The topological polar surface area (TPSA) is 57.2 Å². The Labute approximate surface area is 229 Å². The Morgan fingerprint density at radius 3 is 2.26 bits per heavy atom. The van der Waals surface area contributed by atoms with E-state index >= 15 is 0 Å². The summed E-state index contributed by atoms with van der Waals surface area (Å²) in [6, 6.07) is 24.4. The first-order chi connectivity index (χ1) is 18.9. The molecule has 0 saturated heterocycles. The van der Waals surface area contributed by atoms with Gasteiger partial charge in [-0.05, 0) is 30.3 Å². The van der Waals surface area contributed by atoms with Crippen LogP contribution in [0.2, 0.25) is 0 Å². The molecule has 0 saturated carbocycles. The first-order valence-corrected chi connectivity index (χ1v) is 13.0. The number of hydrogen-bond acceptors (Lipinski definition) is 6. The molecule has 0 aromatic heterocycles. The standard InChI is InChI=1S/C33H33NO5/c1-6-31(35)38-21-22-18-28-29(19-26(36-4)20-30(28)37-5)32-27(22)16-17-33(39-32,23-10-8-7-9-11-23)24-12-14-25(15-13-24)34(2)3/h7-20H,6,21H2,1-5H3. The highest BCUT2D eigenvalue weighted by Crippen LogP contribution is 2.48. The Morgan fingerprint density at radius 1 is 0.897 bits per heavy atom. The molecule has 4 aromatic carbocycles. The van der Waals surface area contributed by atoms with Crippen LogP contribution < -0.4 is 19.1 Å². The van der Waals surface area contributed by atoms with E-state index in [2.05, 4.69) is 53.5 Å². The van der Waals surface area contributed by atoms with Crippen LogP contribution in [0.15, 0.2) is 78.9 Å². The molecule has 0 spiro atoms. The largest absolute Gasteiger partial charge is 0.497 e. The summed E-state index contributed by atoms with van der Waals surface area (Å²) in [4.78, 5) is 14.1. The van der Waals surface area contributed by atoms with Crippen LogP contribution in [0.4, 0.5) is 5.69 Å². The van der Waals surface area contributed by atoms with Crippen molar-refractivity contribution in [1.82, 2.24) is 0 Å². The predicted molar refractivity (Wildman–Crippen MR) is 155 cm³/mol. The molecule has 1 atom stereocenters. The van der Waals surface area contributed by atoms with Crippen molar-refractivity contribution in [2.75, 3.05) is 33.2 Å². The fourth-order valence-electron chi connectivity index (χ4n) is 5.01. The van der Waals surface area contributed by atoms with Crippen LogP contribution in [0, 0.1) is 0 Å². The van der Waals surface area contributed by atoms with Crippen LogP contribution in [-0.4, -0.2) is 34.3 Å². The maximum atomic E-state index is 12.1. The summed E-state index contributed by atoms with van der Waals surface area (Å²) >= 11 is 0. The van der Waals surface area contributed by atoms with Crippen LogP contribution in [0.25, 0.3) is 16.8 Å². The van der Waals surface area contributed by atoms with Gasteiger partial charge < -0.3 is 23.8 Å². The van der Waals surface area contributed by atoms with Gasteiger partial charge in [-0.2, -0.15) is 0 Å². The summed E-state index contributed by atoms with van der Waals surface area (Å²) < 4.78 is 24.1. The summed E-state index contributed by atoms with van der Waals surface area (Å²) in [6.07, 6.45) is 4.47. The molecule has 0 radical (unpaired) electrons. The zero-order valence-electron chi connectivity index (χ0n) is 23.0. The van der Waals surface area contributed by atoms with Crippen molar-refractivity contribution in [2.45, 2.75) is 25.6 Å². The third-order valence-electron chi connectivity index (χ3n) is 7.17. The molecular weight excluding hydrogens is 490 g/mol. The normalized spacial score (nSPS) is 15.8. The van der Waals surface area contributed by atoms with Crippen molar-refractivity contribution in [3.63, 3.8) is 0 Å². The lowest BCUT2D eigenvalue weighted by Gasteiger charge is -2.37. The zero-order chi connectivity index (χ0) is 27.6. The van der Waals surface area contributed by atoms with E-state index in [9.17, 15) is 4.79 Å². The summed E-state index contributed by atoms with van der Waals surface area (Å²) in [6.45, 7) is 1.91. The number of anilines is 1. The highest BCUT2D eigenvalue weighted by Gasteiger charge is 2.38. The number of ether oxygens (including phenoxy) is 4. The van der Waals surface area contributed by atoms with E-state index in [1.54, 1.807) is 21.1 Å². The molecule has 6 nitrogen and oxygen atoms in total. The molecular formula is C33H33NO5. The van der Waals surface area contributed by atoms with E-state index in [0.29, 0.717) is 23.7 Å². The van der Waals surface area contributed by atoms with E-state index < -0.39 is 5.60 Å². The van der Waals surface area contributed by atoms with Crippen molar-refractivity contribution < 1.29 is 23.7 Å². The second-order valence-corrected chi connectivity index (χ2v) is 9.70. The van der Waals surface area contributed by atoms with Crippen LogP contribution in [0.5, 0.6) is 17.2 Å². The Bertz CT molecular complexity index is 1530. The quantitative estimate of drug-likeness (QED) is 0.239. The molecule has 1 heterocycles. The summed E-state index contributed by atoms with van der Waals surface area (Å²) in [5.74, 6) is 1.72. The van der Waals surface area contributed by atoms with Gasteiger partial charge in [0.1, 0.15) is 23.9 Å². The first-order valence-electron chi connectivity index (χ1n) is 13.0. The highest BCUT2D eigenvalue weighted by atomic mass is 16.5. The van der Waals surface area contributed by atoms with Gasteiger partial charge in [0.15, 0.2) is 5.60 Å². The van der Waals surface area contributed by atoms with E-state index in [0.717, 1.165) is 38.7 Å². The number of nitrogens with zero attached hydrogens (tertiary/aromatic N) is 1. The first kappa shape index (κ1) is 26.2. The van der Waals surface area contributed by atoms with Gasteiger partial charge in [-0.15, -0.1) is 0 Å². The summed E-state index contributed by atoms with van der Waals surface area (Å²) in [7, 11) is 7.31. The molecule has 1 aliphatic rings. The molecule has 1 aliphatic heterocycles. The van der Waals surface area contributed by atoms with Crippen LogP contribution in [-0.2, 0) is 21.7 Å². The lowest BCUT2D eigenvalue weighted by molar-refractivity contribution is -0.144. The predicted octanol–water partition coefficient (Wildman–Crippen LogP) is 6.73. The summed E-state index contributed by atoms with van der Waals surface area (Å²) in [5.41, 5.74) is 3.90. The minimum atomic E-state index is -0.888. The van der Waals surface area contributed by atoms with E-state index in [1.165, 1.54) is 0 Å². The van der Waals surface area contributed by atoms with E-state index in [4.69, 9.17) is 18.9 Å². The highest BCUT2D eigenvalue weighted by molar-refractivity contribution is 5.98. The number of benzene rings is 4. The van der Waals surface area contributed by atoms with Gasteiger partial charge in [0.25, 0.3) is 0 Å². The average molecular weight is 524 g/mol. The molecule has 1 unspecified atom stereocenters. The maximum Gasteiger partial charge on any atom is 0.305 e. The molecule has 200 valence electrons. The Kier molecular flexibility index (Phi) is 7.20. The Hall–Kier alpha value is -4.45. The SMILES string of the molecule is CCC(=O)OCc1cc2c(OC)cc(OC)cc2c2c1C=CC(c1ccccc1)(c1ccc(N(C)C)cc1)O2. The number of hydrogen-bond donors (Lipinski definition) is 0. The van der Waals surface area contributed by atoms with Gasteiger partial charge in [0, 0.05) is 65.3 Å². The molecule has 5 rings (SSSR count). The number of carbonyl (C=O) groups is 1. The number of carbonyl (C=O) groups excluding carboxylic acids is 1. The molecule has 0 fully saturated rings. The van der Waals surface area contributed by atoms with Crippen molar-refractivity contribution in [3.8, 4) is 17.2 Å². The minimum Gasteiger partial charge on any atom is -0.497 e. The number of methoxy groups -OCH3 is 2. The lowest BCUT2D eigenvalue weighted by atomic mass is 9.82. The second-order valence-electron chi connectivity index (χ2n) is 9.70. The lowest BCUT2D eigenvalue weighted by Crippen LogP contribution is -2.34. The third kappa shape index (κ3) is 4.78. The maximum absolute atomic E-state index is 12.1. The summed E-state index contributed by atoms with van der Waals surface area (Å²) in [5, 5.41) is 1.70. The minimum absolute atomic E-state index is 0.129. The van der Waals surface area contributed by atoms with Gasteiger partial charge in [-0.1, -0.05) is 55.5 Å². The smallest absolute Gasteiger partial charge is 0.305 e. The molecule has 39 heavy (non-hydrogen) atoms. The Morgan fingerprint density at radius 2 is 1.62 bits per heavy atom. The van der Waals surface area contributed by atoms with Crippen LogP contribution >= 0.6 is 0 Å². The molecule has 6 heteroatoms. The monoisotopic (exact) mass is 523 g/mol. The fraction of sp³-hybridized carbons (Fsp3) is 0.242. The molecule has 0 aliphatic carbocycles. The zero-order valence-corrected chi connectivity index (χ0v) is 23.0. The van der Waals surface area contributed by atoms with Gasteiger partial charge in [0.2, 0.25) is 0 Å². The second kappa shape index (κ2) is 10.7. The van der Waals surface area contributed by atoms with Crippen LogP contribution in [0.1, 0.15) is 35.6 Å². The van der Waals surface area contributed by atoms with Gasteiger partial charge in [0.05, 0.1) is 14.2 Å². The molecule has 0 N–H and O–H groups in total. The average Bonchev–Trinajstić information content (AvgIpc) is 2.99. The van der Waals surface area contributed by atoms with Crippen molar-refractivity contribution in [2.24, 2.45) is 0 Å². The Balaban J connectivity index is 1.76.